The van der Waals surface area contributed by atoms with Crippen LogP contribution in [0.25, 0.3) is 11.3 Å². The van der Waals surface area contributed by atoms with Gasteiger partial charge in [0.25, 0.3) is 0 Å². The summed E-state index contributed by atoms with van der Waals surface area (Å²) in [6.07, 6.45) is 3.34. The number of aliphatic carboxylic acids is 1. The van der Waals surface area contributed by atoms with Gasteiger partial charge >= 0.3 is 5.97 Å². The number of carbonyl (C=O) groups excluding carboxylic acids is 1. The summed E-state index contributed by atoms with van der Waals surface area (Å²) in [6, 6.07) is 11.2. The van der Waals surface area contributed by atoms with E-state index in [0.717, 1.165) is 29.0 Å². The summed E-state index contributed by atoms with van der Waals surface area (Å²) in [6.45, 7) is 2.00. The second kappa shape index (κ2) is 6.47. The molecule has 0 unspecified atom stereocenters. The van der Waals surface area contributed by atoms with Crippen LogP contribution in [0.2, 0.25) is 0 Å². The number of nitrogens with zero attached hydrogens (tertiary/aromatic N) is 1. The first kappa shape index (κ1) is 14.5. The minimum Gasteiger partial charge on any atom is -0.478 e. The third kappa shape index (κ3) is 4.28. The smallest absolute Gasteiger partial charge is 0.328 e. The van der Waals surface area contributed by atoms with Crippen LogP contribution < -0.4 is 5.32 Å². The topological polar surface area (TPSA) is 79.3 Å². The predicted molar refractivity (Wildman–Crippen MR) is 79.8 cm³/mol. The zero-order chi connectivity index (χ0) is 15.2. The van der Waals surface area contributed by atoms with Gasteiger partial charge in [-0.3, -0.25) is 9.78 Å². The average molecular weight is 282 g/mol. The summed E-state index contributed by atoms with van der Waals surface area (Å²) < 4.78 is 0. The number of carboxylic acids is 1. The van der Waals surface area contributed by atoms with Crippen molar-refractivity contribution in [3.8, 4) is 11.3 Å². The molecule has 0 aliphatic rings. The maximum Gasteiger partial charge on any atom is 0.328 e. The highest BCUT2D eigenvalue weighted by Crippen LogP contribution is 2.20. The molecule has 0 saturated carbocycles. The van der Waals surface area contributed by atoms with Crippen LogP contribution in [0.3, 0.4) is 0 Å². The average Bonchev–Trinajstić information content (AvgIpc) is 2.46. The quantitative estimate of drug-likeness (QED) is 0.845. The maximum absolute atomic E-state index is 11.5. The number of amides is 1. The minimum atomic E-state index is -1.17. The molecule has 1 aromatic heterocycles. The Morgan fingerprint density at radius 2 is 1.86 bits per heavy atom. The highest BCUT2D eigenvalue weighted by atomic mass is 16.4. The molecule has 2 aromatic rings. The number of nitrogens with one attached hydrogen (secondary N) is 1. The number of hydrogen-bond acceptors (Lipinski definition) is 3. The van der Waals surface area contributed by atoms with Crippen molar-refractivity contribution in [3.05, 3.63) is 60.3 Å². The first-order valence-corrected chi connectivity index (χ1v) is 6.30. The second-order valence-electron chi connectivity index (χ2n) is 4.46. The Balaban J connectivity index is 2.16. The first-order valence-electron chi connectivity index (χ1n) is 6.30. The molecule has 106 valence electrons. The fourth-order valence-corrected chi connectivity index (χ4v) is 1.72. The van der Waals surface area contributed by atoms with Crippen molar-refractivity contribution < 1.29 is 14.7 Å². The number of benzene rings is 1. The van der Waals surface area contributed by atoms with Crippen molar-refractivity contribution in [3.63, 3.8) is 0 Å². The number of aryl methyl sites for hydroxylation is 1. The molecule has 1 amide bonds. The number of aromatic nitrogens is 1. The van der Waals surface area contributed by atoms with Gasteiger partial charge in [0.2, 0.25) is 5.91 Å². The van der Waals surface area contributed by atoms with E-state index >= 15 is 0 Å². The molecule has 1 aromatic carbocycles. The Labute approximate surface area is 122 Å². The summed E-state index contributed by atoms with van der Waals surface area (Å²) in [7, 11) is 0. The molecular weight excluding hydrogens is 268 g/mol. The van der Waals surface area contributed by atoms with E-state index in [0.29, 0.717) is 5.69 Å². The van der Waals surface area contributed by atoms with Crippen molar-refractivity contribution in [1.29, 1.82) is 0 Å². The summed E-state index contributed by atoms with van der Waals surface area (Å²) in [5.41, 5.74) is 3.38. The number of carboxylic acid groups (broad SMARTS) is 1. The third-order valence-electron chi connectivity index (χ3n) is 2.75. The van der Waals surface area contributed by atoms with Crippen molar-refractivity contribution in [1.82, 2.24) is 4.98 Å². The fraction of sp³-hybridized carbons (Fsp3) is 0.0625. The van der Waals surface area contributed by atoms with Gasteiger partial charge in [-0.1, -0.05) is 29.8 Å². The number of anilines is 1. The van der Waals surface area contributed by atoms with Gasteiger partial charge < -0.3 is 10.4 Å². The van der Waals surface area contributed by atoms with Crippen LogP contribution >= 0.6 is 0 Å². The van der Waals surface area contributed by atoms with E-state index in [-0.39, 0.29) is 0 Å². The van der Waals surface area contributed by atoms with Crippen LogP contribution in [-0.2, 0) is 9.59 Å². The number of pyridine rings is 1. The van der Waals surface area contributed by atoms with Gasteiger partial charge in [-0.25, -0.2) is 4.79 Å². The van der Waals surface area contributed by atoms with Gasteiger partial charge in [-0.2, -0.15) is 0 Å². The summed E-state index contributed by atoms with van der Waals surface area (Å²) >= 11 is 0. The lowest BCUT2D eigenvalue weighted by atomic mass is 10.1. The van der Waals surface area contributed by atoms with E-state index in [2.05, 4.69) is 10.3 Å². The molecule has 21 heavy (non-hydrogen) atoms. The molecular formula is C16H14N2O3. The standard InChI is InChI=1S/C16H14N2O3/c1-11-2-4-12(5-3-11)14-10-13(8-9-17-14)18-15(19)6-7-16(20)21/h2-10H,1H3,(H,20,21)(H,17,18,19). The lowest BCUT2D eigenvalue weighted by Gasteiger charge is -2.05. The van der Waals surface area contributed by atoms with Gasteiger partial charge in [0.05, 0.1) is 5.69 Å². The molecule has 0 spiro atoms. The molecule has 0 radical (unpaired) electrons. The third-order valence-corrected chi connectivity index (χ3v) is 2.75. The normalized spacial score (nSPS) is 10.5. The zero-order valence-electron chi connectivity index (χ0n) is 11.4. The SMILES string of the molecule is Cc1ccc(-c2cc(NC(=O)C=CC(=O)O)ccn2)cc1. The Kier molecular flexibility index (Phi) is 4.46. The first-order chi connectivity index (χ1) is 10.0. The number of rotatable bonds is 4. The van der Waals surface area contributed by atoms with E-state index in [1.165, 1.54) is 0 Å². The molecule has 0 bridgehead atoms. The highest BCUT2D eigenvalue weighted by molar-refractivity contribution is 6.02. The zero-order valence-corrected chi connectivity index (χ0v) is 11.4. The Morgan fingerprint density at radius 1 is 1.14 bits per heavy atom. The van der Waals surface area contributed by atoms with Gasteiger partial charge in [0, 0.05) is 29.6 Å². The van der Waals surface area contributed by atoms with Gasteiger partial charge in [-0.15, -0.1) is 0 Å². The molecule has 0 saturated heterocycles. The lowest BCUT2D eigenvalue weighted by molar-refractivity contribution is -0.131. The molecule has 0 aliphatic heterocycles. The van der Waals surface area contributed by atoms with Crippen molar-refractivity contribution >= 4 is 17.6 Å². The van der Waals surface area contributed by atoms with E-state index in [4.69, 9.17) is 5.11 Å². The molecule has 5 nitrogen and oxygen atoms in total. The second-order valence-corrected chi connectivity index (χ2v) is 4.46. The van der Waals surface area contributed by atoms with Gasteiger partial charge in [0.1, 0.15) is 0 Å². The Morgan fingerprint density at radius 3 is 2.52 bits per heavy atom. The van der Waals surface area contributed by atoms with Crippen LogP contribution in [0.5, 0.6) is 0 Å². The lowest BCUT2D eigenvalue weighted by Crippen LogP contribution is -2.08. The van der Waals surface area contributed by atoms with Crippen LogP contribution in [0.15, 0.2) is 54.7 Å². The van der Waals surface area contributed by atoms with Crippen molar-refractivity contribution in [2.45, 2.75) is 6.92 Å². The highest BCUT2D eigenvalue weighted by Gasteiger charge is 2.03. The Hall–Kier alpha value is -2.95. The van der Waals surface area contributed by atoms with E-state index in [9.17, 15) is 9.59 Å². The largest absolute Gasteiger partial charge is 0.478 e. The monoisotopic (exact) mass is 282 g/mol. The van der Waals surface area contributed by atoms with Crippen LogP contribution in [0.1, 0.15) is 5.56 Å². The molecule has 0 aliphatic carbocycles. The molecule has 0 fully saturated rings. The fourth-order valence-electron chi connectivity index (χ4n) is 1.72. The summed E-state index contributed by atoms with van der Waals surface area (Å²) in [4.78, 5) is 26.1. The van der Waals surface area contributed by atoms with E-state index < -0.39 is 11.9 Å². The van der Waals surface area contributed by atoms with Gasteiger partial charge in [0.15, 0.2) is 0 Å². The maximum atomic E-state index is 11.5. The number of hydrogen-bond donors (Lipinski definition) is 2. The summed E-state index contributed by atoms with van der Waals surface area (Å²) in [5, 5.41) is 11.1. The molecule has 2 N–H and O–H groups in total. The van der Waals surface area contributed by atoms with Crippen LogP contribution in [0, 0.1) is 6.92 Å². The molecule has 1 heterocycles. The predicted octanol–water partition coefficient (Wildman–Crippen LogP) is 2.64. The summed E-state index contributed by atoms with van der Waals surface area (Å²) in [5.74, 6) is -1.67. The molecule has 2 rings (SSSR count). The van der Waals surface area contributed by atoms with Crippen LogP contribution in [0.4, 0.5) is 5.69 Å². The van der Waals surface area contributed by atoms with Gasteiger partial charge in [-0.05, 0) is 19.1 Å². The molecule has 5 heteroatoms. The van der Waals surface area contributed by atoms with Crippen LogP contribution in [-0.4, -0.2) is 22.0 Å². The van der Waals surface area contributed by atoms with Crippen molar-refractivity contribution in [2.24, 2.45) is 0 Å². The number of carbonyl (C=O) groups is 2. The Bertz CT molecular complexity index is 691. The van der Waals surface area contributed by atoms with E-state index in [1.807, 2.05) is 31.2 Å². The van der Waals surface area contributed by atoms with Crippen molar-refractivity contribution in [2.75, 3.05) is 5.32 Å². The minimum absolute atomic E-state index is 0.501. The van der Waals surface area contributed by atoms with E-state index in [1.54, 1.807) is 18.3 Å². The molecule has 0 atom stereocenters.